The van der Waals surface area contributed by atoms with E-state index < -0.39 is 0 Å². The summed E-state index contributed by atoms with van der Waals surface area (Å²) in [6, 6.07) is 4.59. The Morgan fingerprint density at radius 2 is 2.33 bits per heavy atom. The topological polar surface area (TPSA) is 66.6 Å². The fraction of sp³-hybridized carbons (Fsp3) is 0.562. The number of amides is 1. The van der Waals surface area contributed by atoms with Gasteiger partial charge in [0, 0.05) is 30.4 Å². The summed E-state index contributed by atoms with van der Waals surface area (Å²) in [7, 11) is 0. The average molecular weight is 306 g/mol. The zero-order valence-electron chi connectivity index (χ0n) is 12.3. The number of hydrogen-bond acceptors (Lipinski definition) is 4. The zero-order chi connectivity index (χ0) is 15.2. The van der Waals surface area contributed by atoms with Gasteiger partial charge in [-0.25, -0.2) is 0 Å². The van der Waals surface area contributed by atoms with Crippen molar-refractivity contribution in [1.82, 2.24) is 4.90 Å². The second-order valence-corrected chi connectivity index (χ2v) is 6.66. The van der Waals surface area contributed by atoms with Gasteiger partial charge in [0.25, 0.3) is 0 Å². The molecule has 1 saturated heterocycles. The normalized spacial score (nSPS) is 22.6. The summed E-state index contributed by atoms with van der Waals surface area (Å²) in [4.78, 5) is 16.0. The van der Waals surface area contributed by atoms with Crippen molar-refractivity contribution in [2.75, 3.05) is 13.2 Å². The van der Waals surface area contributed by atoms with Crippen molar-refractivity contribution in [1.29, 1.82) is 0 Å². The molecule has 0 aromatic carbocycles. The van der Waals surface area contributed by atoms with Gasteiger partial charge >= 0.3 is 0 Å². The Kier molecular flexibility index (Phi) is 5.80. The van der Waals surface area contributed by atoms with Crippen LogP contribution in [0.2, 0.25) is 0 Å². The molecule has 0 aliphatic carbocycles. The van der Waals surface area contributed by atoms with Crippen LogP contribution >= 0.6 is 11.3 Å². The Hall–Kier alpha value is -1.35. The molecule has 4 nitrogen and oxygen atoms in total. The van der Waals surface area contributed by atoms with Gasteiger partial charge in [-0.3, -0.25) is 9.69 Å². The van der Waals surface area contributed by atoms with Crippen LogP contribution in [0.4, 0.5) is 0 Å². The van der Waals surface area contributed by atoms with Gasteiger partial charge in [0.05, 0.1) is 17.4 Å². The van der Waals surface area contributed by atoms with Crippen LogP contribution in [0.25, 0.3) is 0 Å². The molecule has 1 aromatic heterocycles. The number of aliphatic hydroxyl groups is 1. The first kappa shape index (κ1) is 16.0. The minimum Gasteiger partial charge on any atom is -0.395 e. The quantitative estimate of drug-likeness (QED) is 0.830. The van der Waals surface area contributed by atoms with Crippen molar-refractivity contribution < 1.29 is 9.90 Å². The van der Waals surface area contributed by atoms with Gasteiger partial charge in [0.15, 0.2) is 0 Å². The van der Waals surface area contributed by atoms with Gasteiger partial charge in [-0.05, 0) is 31.9 Å². The Morgan fingerprint density at radius 1 is 1.52 bits per heavy atom. The molecule has 2 heterocycles. The number of thiophene rings is 1. The predicted molar refractivity (Wildman–Crippen MR) is 84.7 cm³/mol. The summed E-state index contributed by atoms with van der Waals surface area (Å²) < 4.78 is 0. The second-order valence-electron chi connectivity index (χ2n) is 5.50. The van der Waals surface area contributed by atoms with E-state index in [9.17, 15) is 4.79 Å². The SMILES string of the molecule is CC1CCC(C(N)=O)CN1Cc1ccc(C#CCCO)s1. The standard InChI is InChI=1S/C16H22N2O2S/c1-12-5-6-13(16(17)20)10-18(12)11-15-8-7-14(21-15)4-2-3-9-19/h7-8,12-13,19H,3,5-6,9-11H2,1H3,(H2,17,20). The van der Waals surface area contributed by atoms with Gasteiger partial charge in [-0.1, -0.05) is 11.8 Å². The largest absolute Gasteiger partial charge is 0.395 e. The van der Waals surface area contributed by atoms with E-state index in [0.717, 1.165) is 30.8 Å². The molecule has 2 rings (SSSR count). The molecule has 1 aliphatic rings. The van der Waals surface area contributed by atoms with E-state index in [-0.39, 0.29) is 18.4 Å². The van der Waals surface area contributed by atoms with E-state index in [4.69, 9.17) is 10.8 Å². The molecule has 1 fully saturated rings. The summed E-state index contributed by atoms with van der Waals surface area (Å²) in [6.07, 6.45) is 2.42. The van der Waals surface area contributed by atoms with Gasteiger partial charge in [0.2, 0.25) is 5.91 Å². The highest BCUT2D eigenvalue weighted by Crippen LogP contribution is 2.25. The maximum absolute atomic E-state index is 11.4. The lowest BCUT2D eigenvalue weighted by Crippen LogP contribution is -2.45. The third-order valence-corrected chi connectivity index (χ3v) is 4.87. The number of primary amides is 1. The number of nitrogens with two attached hydrogens (primary N) is 1. The van der Waals surface area contributed by atoms with E-state index >= 15 is 0 Å². The van der Waals surface area contributed by atoms with Crippen molar-refractivity contribution in [2.45, 2.75) is 38.8 Å². The van der Waals surface area contributed by atoms with Crippen LogP contribution in [0.5, 0.6) is 0 Å². The summed E-state index contributed by atoms with van der Waals surface area (Å²) >= 11 is 1.68. The monoisotopic (exact) mass is 306 g/mol. The lowest BCUT2D eigenvalue weighted by atomic mass is 9.93. The van der Waals surface area contributed by atoms with Crippen LogP contribution in [-0.4, -0.2) is 35.1 Å². The molecule has 21 heavy (non-hydrogen) atoms. The highest BCUT2D eigenvalue weighted by molar-refractivity contribution is 7.12. The first-order chi connectivity index (χ1) is 10.1. The lowest BCUT2D eigenvalue weighted by Gasteiger charge is -2.36. The number of nitrogens with zero attached hydrogens (tertiary/aromatic N) is 1. The summed E-state index contributed by atoms with van der Waals surface area (Å²) in [5.41, 5.74) is 5.44. The van der Waals surface area contributed by atoms with Gasteiger partial charge in [-0.2, -0.15) is 0 Å². The number of aliphatic hydroxyl groups excluding tert-OH is 1. The number of piperidine rings is 1. The minimum atomic E-state index is -0.186. The molecule has 0 saturated carbocycles. The van der Waals surface area contributed by atoms with E-state index in [1.54, 1.807) is 11.3 Å². The highest BCUT2D eigenvalue weighted by atomic mass is 32.1. The molecule has 2 atom stereocenters. The van der Waals surface area contributed by atoms with Gasteiger partial charge in [-0.15, -0.1) is 11.3 Å². The first-order valence-electron chi connectivity index (χ1n) is 7.32. The molecule has 5 heteroatoms. The van der Waals surface area contributed by atoms with E-state index in [2.05, 4.69) is 29.7 Å². The fourth-order valence-corrected chi connectivity index (χ4v) is 3.48. The van der Waals surface area contributed by atoms with E-state index in [1.807, 2.05) is 6.07 Å². The van der Waals surface area contributed by atoms with E-state index in [1.165, 1.54) is 4.88 Å². The zero-order valence-corrected chi connectivity index (χ0v) is 13.2. The fourth-order valence-electron chi connectivity index (χ4n) is 2.57. The number of carbonyl (C=O) groups excluding carboxylic acids is 1. The third kappa shape index (κ3) is 4.57. The molecule has 1 aromatic rings. The van der Waals surface area contributed by atoms with Crippen molar-refractivity contribution in [3.63, 3.8) is 0 Å². The van der Waals surface area contributed by atoms with Crippen molar-refractivity contribution >= 4 is 17.2 Å². The Bertz CT molecular complexity index is 544. The van der Waals surface area contributed by atoms with Crippen LogP contribution in [0.1, 0.15) is 35.9 Å². The third-order valence-electron chi connectivity index (χ3n) is 3.88. The van der Waals surface area contributed by atoms with Gasteiger partial charge < -0.3 is 10.8 Å². The van der Waals surface area contributed by atoms with Crippen LogP contribution in [0, 0.1) is 17.8 Å². The maximum Gasteiger partial charge on any atom is 0.221 e. The lowest BCUT2D eigenvalue weighted by molar-refractivity contribution is -0.124. The van der Waals surface area contributed by atoms with Crippen molar-refractivity contribution in [3.05, 3.63) is 21.9 Å². The van der Waals surface area contributed by atoms with Crippen LogP contribution < -0.4 is 5.73 Å². The minimum absolute atomic E-state index is 0.0232. The van der Waals surface area contributed by atoms with Gasteiger partial charge in [0.1, 0.15) is 0 Å². The molecule has 114 valence electrons. The number of carbonyl (C=O) groups is 1. The Labute approximate surface area is 129 Å². The van der Waals surface area contributed by atoms with Crippen LogP contribution in [0.15, 0.2) is 12.1 Å². The average Bonchev–Trinajstić information content (AvgIpc) is 2.89. The molecule has 3 N–H and O–H groups in total. The maximum atomic E-state index is 11.4. The van der Waals surface area contributed by atoms with Crippen LogP contribution in [-0.2, 0) is 11.3 Å². The molecule has 0 spiro atoms. The smallest absolute Gasteiger partial charge is 0.221 e. The molecule has 2 unspecified atom stereocenters. The molecule has 1 amide bonds. The molecule has 1 aliphatic heterocycles. The summed E-state index contributed by atoms with van der Waals surface area (Å²) in [5.74, 6) is 5.78. The number of hydrogen-bond donors (Lipinski definition) is 2. The molecular formula is C16H22N2O2S. The van der Waals surface area contributed by atoms with E-state index in [0.29, 0.717) is 12.5 Å². The molecular weight excluding hydrogens is 284 g/mol. The Balaban J connectivity index is 1.97. The highest BCUT2D eigenvalue weighted by Gasteiger charge is 2.28. The van der Waals surface area contributed by atoms with Crippen molar-refractivity contribution in [3.8, 4) is 11.8 Å². The number of rotatable bonds is 4. The Morgan fingerprint density at radius 3 is 3.05 bits per heavy atom. The summed E-state index contributed by atoms with van der Waals surface area (Å²) in [6.45, 7) is 3.90. The number of likely N-dealkylation sites (tertiary alicyclic amines) is 1. The van der Waals surface area contributed by atoms with Crippen LogP contribution in [0.3, 0.4) is 0 Å². The first-order valence-corrected chi connectivity index (χ1v) is 8.13. The summed E-state index contributed by atoms with van der Waals surface area (Å²) in [5, 5.41) is 8.72. The predicted octanol–water partition coefficient (Wildman–Crippen LogP) is 1.57. The molecule has 0 bridgehead atoms. The second kappa shape index (κ2) is 7.60. The van der Waals surface area contributed by atoms with Crippen molar-refractivity contribution in [2.24, 2.45) is 11.7 Å². The molecule has 0 radical (unpaired) electrons.